The third-order valence-corrected chi connectivity index (χ3v) is 4.30. The fourth-order valence-electron chi connectivity index (χ4n) is 2.46. The lowest BCUT2D eigenvalue weighted by Gasteiger charge is -2.32. The Morgan fingerprint density at radius 1 is 1.33 bits per heavy atom. The first kappa shape index (κ1) is 16.4. The van der Waals surface area contributed by atoms with Crippen LogP contribution in [-0.4, -0.2) is 26.3 Å². The van der Waals surface area contributed by atoms with Crippen molar-refractivity contribution >= 4 is 21.6 Å². The van der Waals surface area contributed by atoms with Crippen LogP contribution in [0.15, 0.2) is 34.3 Å². The number of hydrogen-bond donors (Lipinski definition) is 1. The number of hydrogen-bond acceptors (Lipinski definition) is 2. The molecule has 0 aliphatic carbocycles. The summed E-state index contributed by atoms with van der Waals surface area (Å²) >= 11 is 3.44. The number of rotatable bonds is 3. The second kappa shape index (κ2) is 6.40. The van der Waals surface area contributed by atoms with Crippen molar-refractivity contribution in [2.45, 2.75) is 25.6 Å². The van der Waals surface area contributed by atoms with Crippen molar-refractivity contribution < 1.29 is 13.2 Å². The van der Waals surface area contributed by atoms with E-state index in [0.717, 1.165) is 15.7 Å². The summed E-state index contributed by atoms with van der Waals surface area (Å²) in [4.78, 5) is 1.99. The van der Waals surface area contributed by atoms with Gasteiger partial charge in [0.05, 0.1) is 0 Å². The summed E-state index contributed by atoms with van der Waals surface area (Å²) in [5.74, 6) is 0. The number of nitrogens with one attached hydrogen (secondary N) is 1. The lowest BCUT2D eigenvalue weighted by atomic mass is 10.0. The smallest absolute Gasteiger partial charge is 0.367 e. The second-order valence-corrected chi connectivity index (χ2v) is 6.05. The summed E-state index contributed by atoms with van der Waals surface area (Å²) in [5, 5.41) is 3.18. The monoisotopic (exact) mass is 362 g/mol. The Balaban J connectivity index is 2.28. The summed E-state index contributed by atoms with van der Waals surface area (Å²) in [6, 6.07) is 6.06. The van der Waals surface area contributed by atoms with Crippen LogP contribution >= 0.6 is 15.9 Å². The Labute approximate surface area is 131 Å². The molecule has 1 unspecified atom stereocenters. The minimum atomic E-state index is -4.20. The maximum absolute atomic E-state index is 12.7. The first-order chi connectivity index (χ1) is 9.82. The third-order valence-electron chi connectivity index (χ3n) is 3.81. The van der Waals surface area contributed by atoms with Gasteiger partial charge in [0.2, 0.25) is 0 Å². The van der Waals surface area contributed by atoms with E-state index in [1.54, 1.807) is 0 Å². The van der Waals surface area contributed by atoms with Crippen molar-refractivity contribution in [3.05, 3.63) is 39.9 Å². The molecule has 2 rings (SSSR count). The molecule has 1 heterocycles. The van der Waals surface area contributed by atoms with Crippen molar-refractivity contribution in [2.75, 3.05) is 25.0 Å². The fourth-order valence-corrected chi connectivity index (χ4v) is 2.81. The molecule has 1 atom stereocenters. The molecule has 0 amide bonds. The van der Waals surface area contributed by atoms with Crippen LogP contribution in [0.5, 0.6) is 0 Å². The molecule has 116 valence electrons. The lowest BCUT2D eigenvalue weighted by Crippen LogP contribution is -2.33. The van der Waals surface area contributed by atoms with E-state index in [-0.39, 0.29) is 19.0 Å². The van der Waals surface area contributed by atoms with Gasteiger partial charge in [0.25, 0.3) is 0 Å². The van der Waals surface area contributed by atoms with E-state index < -0.39 is 11.7 Å². The van der Waals surface area contributed by atoms with Crippen molar-refractivity contribution in [1.82, 2.24) is 5.32 Å². The van der Waals surface area contributed by atoms with Gasteiger partial charge >= 0.3 is 6.18 Å². The normalized spacial score (nSPS) is 17.6. The van der Waals surface area contributed by atoms with Crippen molar-refractivity contribution in [1.29, 1.82) is 0 Å². The molecule has 6 heteroatoms. The van der Waals surface area contributed by atoms with E-state index in [1.165, 1.54) is 6.08 Å². The average molecular weight is 363 g/mol. The maximum atomic E-state index is 12.7. The topological polar surface area (TPSA) is 15.3 Å². The highest BCUT2D eigenvalue weighted by atomic mass is 79.9. The first-order valence-corrected chi connectivity index (χ1v) is 7.60. The zero-order valence-electron chi connectivity index (χ0n) is 12.0. The van der Waals surface area contributed by atoms with Crippen LogP contribution in [0, 0.1) is 0 Å². The third kappa shape index (κ3) is 3.80. The van der Waals surface area contributed by atoms with Gasteiger partial charge in [-0.3, -0.25) is 0 Å². The number of benzene rings is 1. The van der Waals surface area contributed by atoms with Gasteiger partial charge in [-0.05, 0) is 38.1 Å². The van der Waals surface area contributed by atoms with Gasteiger partial charge in [0.1, 0.15) is 0 Å². The number of anilines is 1. The van der Waals surface area contributed by atoms with Gasteiger partial charge < -0.3 is 10.2 Å². The van der Waals surface area contributed by atoms with E-state index in [4.69, 9.17) is 0 Å². The average Bonchev–Trinajstić information content (AvgIpc) is 2.45. The molecule has 0 saturated carbocycles. The molecular formula is C15H18BrF3N2. The second-order valence-electron chi connectivity index (χ2n) is 5.14. The molecule has 1 aliphatic rings. The summed E-state index contributed by atoms with van der Waals surface area (Å²) in [6.07, 6.45) is -2.88. The lowest BCUT2D eigenvalue weighted by molar-refractivity contribution is -0.0943. The summed E-state index contributed by atoms with van der Waals surface area (Å²) in [5.41, 5.74) is 1.64. The van der Waals surface area contributed by atoms with Gasteiger partial charge in [-0.25, -0.2) is 0 Å². The molecule has 1 aromatic rings. The Morgan fingerprint density at radius 2 is 2.05 bits per heavy atom. The van der Waals surface area contributed by atoms with Crippen LogP contribution in [0.4, 0.5) is 18.9 Å². The Hall–Kier alpha value is -1.01. The van der Waals surface area contributed by atoms with Crippen LogP contribution < -0.4 is 10.2 Å². The van der Waals surface area contributed by atoms with Gasteiger partial charge in [-0.2, -0.15) is 13.2 Å². The molecule has 1 N–H and O–H groups in total. The van der Waals surface area contributed by atoms with Crippen LogP contribution in [0.3, 0.4) is 0 Å². The molecular weight excluding hydrogens is 345 g/mol. The Bertz CT molecular complexity index is 540. The van der Waals surface area contributed by atoms with E-state index >= 15 is 0 Å². The predicted molar refractivity (Wildman–Crippen MR) is 82.6 cm³/mol. The minimum absolute atomic E-state index is 0.0311. The number of halogens is 4. The molecule has 21 heavy (non-hydrogen) atoms. The highest BCUT2D eigenvalue weighted by Gasteiger charge is 2.35. The maximum Gasteiger partial charge on any atom is 0.412 e. The molecule has 0 spiro atoms. The van der Waals surface area contributed by atoms with Crippen LogP contribution in [0.25, 0.3) is 0 Å². The van der Waals surface area contributed by atoms with E-state index in [1.807, 2.05) is 37.1 Å². The van der Waals surface area contributed by atoms with Crippen LogP contribution in [0.1, 0.15) is 24.9 Å². The van der Waals surface area contributed by atoms with Crippen LogP contribution in [-0.2, 0) is 0 Å². The van der Waals surface area contributed by atoms with E-state index in [2.05, 4.69) is 21.2 Å². The Kier molecular flexibility index (Phi) is 4.99. The highest BCUT2D eigenvalue weighted by molar-refractivity contribution is 9.10. The minimum Gasteiger partial charge on any atom is -0.367 e. The molecule has 1 aliphatic heterocycles. The molecule has 0 radical (unpaired) electrons. The van der Waals surface area contributed by atoms with Crippen LogP contribution in [0.2, 0.25) is 0 Å². The van der Waals surface area contributed by atoms with Crippen molar-refractivity contribution in [3.8, 4) is 0 Å². The molecule has 1 aromatic carbocycles. The molecule has 0 bridgehead atoms. The van der Waals surface area contributed by atoms with Crippen molar-refractivity contribution in [3.63, 3.8) is 0 Å². The van der Waals surface area contributed by atoms with Gasteiger partial charge in [-0.15, -0.1) is 0 Å². The zero-order chi connectivity index (χ0) is 15.6. The highest BCUT2D eigenvalue weighted by Crippen LogP contribution is 2.34. The Morgan fingerprint density at radius 3 is 2.57 bits per heavy atom. The molecule has 0 fully saturated rings. The van der Waals surface area contributed by atoms with E-state index in [9.17, 15) is 13.2 Å². The first-order valence-electron chi connectivity index (χ1n) is 6.81. The van der Waals surface area contributed by atoms with Crippen molar-refractivity contribution in [2.24, 2.45) is 0 Å². The molecule has 0 saturated heterocycles. The number of nitrogens with zero attached hydrogens (tertiary/aromatic N) is 1. The molecule has 2 nitrogen and oxygen atoms in total. The van der Waals surface area contributed by atoms with Gasteiger partial charge in [-0.1, -0.05) is 28.1 Å². The standard InChI is InChI=1S/C15H18BrF3N2/c1-10(20-2)13-4-3-12(16)9-14(13)21-7-5-11(6-8-21)15(17,18)19/h3-5,9-10,20H,6-8H2,1-2H3. The largest absolute Gasteiger partial charge is 0.412 e. The van der Waals surface area contributed by atoms with Gasteiger partial charge in [0, 0.05) is 34.9 Å². The van der Waals surface area contributed by atoms with E-state index in [0.29, 0.717) is 6.54 Å². The van der Waals surface area contributed by atoms with Gasteiger partial charge in [0.15, 0.2) is 0 Å². The quantitative estimate of drug-likeness (QED) is 0.800. The summed E-state index contributed by atoms with van der Waals surface area (Å²) < 4.78 is 39.0. The number of alkyl halides is 3. The SMILES string of the molecule is CNC(C)c1ccc(Br)cc1N1CC=C(C(F)(F)F)CC1. The summed E-state index contributed by atoms with van der Waals surface area (Å²) in [6.45, 7) is 2.70. The molecule has 0 aromatic heterocycles. The predicted octanol–water partition coefficient (Wildman–Crippen LogP) is 4.43. The summed E-state index contributed by atoms with van der Waals surface area (Å²) in [7, 11) is 1.87. The zero-order valence-corrected chi connectivity index (χ0v) is 13.6. The fraction of sp³-hybridized carbons (Fsp3) is 0.467.